The van der Waals surface area contributed by atoms with Gasteiger partial charge in [-0.2, -0.15) is 5.10 Å². The number of aromatic amines is 1. The quantitative estimate of drug-likeness (QED) is 0.910. The predicted octanol–water partition coefficient (Wildman–Crippen LogP) is 2.39. The average Bonchev–Trinajstić information content (AvgIpc) is 2.97. The van der Waals surface area contributed by atoms with Crippen molar-refractivity contribution in [2.75, 3.05) is 19.6 Å². The van der Waals surface area contributed by atoms with E-state index in [4.69, 9.17) is 5.11 Å². The van der Waals surface area contributed by atoms with Crippen LogP contribution in [0.25, 0.3) is 16.8 Å². The zero-order valence-corrected chi connectivity index (χ0v) is 11.9. The molecule has 2 N–H and O–H groups in total. The van der Waals surface area contributed by atoms with E-state index < -0.39 is 5.97 Å². The Morgan fingerprint density at radius 3 is 2.86 bits per heavy atom. The fourth-order valence-electron chi connectivity index (χ4n) is 2.58. The van der Waals surface area contributed by atoms with Crippen LogP contribution in [0.4, 0.5) is 4.39 Å². The Labute approximate surface area is 127 Å². The second-order valence-electron chi connectivity index (χ2n) is 5.30. The number of rotatable bonds is 4. The van der Waals surface area contributed by atoms with Crippen LogP contribution in [-0.2, 0) is 4.79 Å². The first-order valence-corrected chi connectivity index (χ1v) is 7.07. The molecule has 6 heteroatoms. The maximum atomic E-state index is 13.0. The van der Waals surface area contributed by atoms with Gasteiger partial charge in [0.05, 0.1) is 17.9 Å². The summed E-state index contributed by atoms with van der Waals surface area (Å²) in [5, 5.41) is 16.1. The second kappa shape index (κ2) is 6.11. The lowest BCUT2D eigenvalue weighted by atomic mass is 10.1. The van der Waals surface area contributed by atoms with Crippen LogP contribution in [0.15, 0.2) is 36.4 Å². The molecule has 0 fully saturated rings. The molecule has 2 heterocycles. The first-order chi connectivity index (χ1) is 10.6. The number of H-pyrrole nitrogens is 1. The molecule has 0 amide bonds. The van der Waals surface area contributed by atoms with Gasteiger partial charge in [-0.15, -0.1) is 0 Å². The van der Waals surface area contributed by atoms with Crippen LogP contribution in [0.1, 0.15) is 12.1 Å². The van der Waals surface area contributed by atoms with Crippen molar-refractivity contribution in [1.82, 2.24) is 15.1 Å². The Morgan fingerprint density at radius 2 is 2.14 bits per heavy atom. The van der Waals surface area contributed by atoms with Gasteiger partial charge in [0, 0.05) is 18.7 Å². The van der Waals surface area contributed by atoms with Gasteiger partial charge in [0.15, 0.2) is 0 Å². The highest BCUT2D eigenvalue weighted by atomic mass is 19.1. The Balaban J connectivity index is 1.77. The van der Waals surface area contributed by atoms with Crippen LogP contribution in [0.3, 0.4) is 0 Å². The molecule has 5 nitrogen and oxygen atoms in total. The van der Waals surface area contributed by atoms with Gasteiger partial charge in [0.25, 0.3) is 0 Å². The van der Waals surface area contributed by atoms with Crippen LogP contribution in [-0.4, -0.2) is 45.8 Å². The summed E-state index contributed by atoms with van der Waals surface area (Å²) in [5.41, 5.74) is 3.48. The third-order valence-corrected chi connectivity index (χ3v) is 3.65. The van der Waals surface area contributed by atoms with Crippen LogP contribution in [0.5, 0.6) is 0 Å². The summed E-state index contributed by atoms with van der Waals surface area (Å²) in [5.74, 6) is -1.10. The van der Waals surface area contributed by atoms with E-state index in [0.29, 0.717) is 6.54 Å². The SMILES string of the molecule is O=C(O)CN1CCC=C(c2cc(-c3ccc(F)cc3)n[nH]2)C1. The van der Waals surface area contributed by atoms with Crippen molar-refractivity contribution < 1.29 is 14.3 Å². The normalized spacial score (nSPS) is 15.6. The van der Waals surface area contributed by atoms with Crippen LogP contribution in [0.2, 0.25) is 0 Å². The molecule has 1 aliphatic heterocycles. The Hall–Kier alpha value is -2.47. The Morgan fingerprint density at radius 1 is 1.36 bits per heavy atom. The molecule has 0 bridgehead atoms. The number of carboxylic acid groups (broad SMARTS) is 1. The number of hydrogen-bond acceptors (Lipinski definition) is 3. The highest BCUT2D eigenvalue weighted by Crippen LogP contribution is 2.24. The summed E-state index contributed by atoms with van der Waals surface area (Å²) in [4.78, 5) is 12.7. The molecule has 1 aromatic heterocycles. The predicted molar refractivity (Wildman–Crippen MR) is 80.7 cm³/mol. The van der Waals surface area contributed by atoms with Crippen molar-refractivity contribution in [2.45, 2.75) is 6.42 Å². The van der Waals surface area contributed by atoms with Gasteiger partial charge in [0.2, 0.25) is 0 Å². The maximum Gasteiger partial charge on any atom is 0.317 e. The molecule has 1 aliphatic rings. The monoisotopic (exact) mass is 301 g/mol. The van der Waals surface area contributed by atoms with Gasteiger partial charge in [-0.3, -0.25) is 14.8 Å². The smallest absolute Gasteiger partial charge is 0.317 e. The lowest BCUT2D eigenvalue weighted by molar-refractivity contribution is -0.138. The molecule has 0 saturated carbocycles. The molecule has 1 aromatic carbocycles. The molecule has 3 rings (SSSR count). The van der Waals surface area contributed by atoms with Gasteiger partial charge in [-0.25, -0.2) is 4.39 Å². The molecular weight excluding hydrogens is 285 g/mol. The van der Waals surface area contributed by atoms with Gasteiger partial charge in [-0.1, -0.05) is 6.08 Å². The van der Waals surface area contributed by atoms with E-state index in [1.165, 1.54) is 12.1 Å². The number of aromatic nitrogens is 2. The maximum absolute atomic E-state index is 13.0. The minimum absolute atomic E-state index is 0.0380. The van der Waals surface area contributed by atoms with Crippen molar-refractivity contribution in [3.8, 4) is 11.3 Å². The minimum Gasteiger partial charge on any atom is -0.480 e. The molecular formula is C16H16FN3O2. The molecule has 0 spiro atoms. The molecule has 0 aliphatic carbocycles. The van der Waals surface area contributed by atoms with E-state index in [2.05, 4.69) is 16.3 Å². The van der Waals surface area contributed by atoms with Gasteiger partial charge in [0.1, 0.15) is 5.82 Å². The largest absolute Gasteiger partial charge is 0.480 e. The van der Waals surface area contributed by atoms with Crippen molar-refractivity contribution in [3.05, 3.63) is 47.9 Å². The molecule has 0 unspecified atom stereocenters. The number of carbonyl (C=O) groups is 1. The standard InChI is InChI=1S/C16H16FN3O2/c17-13-5-3-11(4-6-13)14-8-15(19-18-14)12-2-1-7-20(9-12)10-16(21)22/h2-6,8H,1,7,9-10H2,(H,18,19)(H,21,22). The lowest BCUT2D eigenvalue weighted by Crippen LogP contribution is -2.34. The molecule has 2 aromatic rings. The summed E-state index contributed by atoms with van der Waals surface area (Å²) in [6.07, 6.45) is 2.91. The van der Waals surface area contributed by atoms with E-state index in [9.17, 15) is 9.18 Å². The third-order valence-electron chi connectivity index (χ3n) is 3.65. The summed E-state index contributed by atoms with van der Waals surface area (Å²) in [7, 11) is 0. The number of nitrogens with zero attached hydrogens (tertiary/aromatic N) is 2. The van der Waals surface area contributed by atoms with E-state index in [1.807, 2.05) is 11.0 Å². The summed E-state index contributed by atoms with van der Waals surface area (Å²) < 4.78 is 13.0. The Kier molecular flexibility index (Phi) is 4.02. The van der Waals surface area contributed by atoms with Crippen molar-refractivity contribution in [1.29, 1.82) is 0 Å². The van der Waals surface area contributed by atoms with E-state index in [1.54, 1.807) is 12.1 Å². The zero-order chi connectivity index (χ0) is 15.5. The van der Waals surface area contributed by atoms with E-state index >= 15 is 0 Å². The van der Waals surface area contributed by atoms with Crippen LogP contribution >= 0.6 is 0 Å². The van der Waals surface area contributed by atoms with Crippen molar-refractivity contribution in [3.63, 3.8) is 0 Å². The number of aliphatic carboxylic acids is 1. The minimum atomic E-state index is -0.821. The fourth-order valence-corrected chi connectivity index (χ4v) is 2.58. The highest BCUT2D eigenvalue weighted by molar-refractivity contribution is 5.72. The first-order valence-electron chi connectivity index (χ1n) is 7.07. The topological polar surface area (TPSA) is 69.2 Å². The summed E-state index contributed by atoms with van der Waals surface area (Å²) >= 11 is 0. The fraction of sp³-hybridized carbons (Fsp3) is 0.250. The molecule has 114 valence electrons. The highest BCUT2D eigenvalue weighted by Gasteiger charge is 2.17. The Bertz CT molecular complexity index is 706. The van der Waals surface area contributed by atoms with Crippen LogP contribution in [0, 0.1) is 5.82 Å². The zero-order valence-electron chi connectivity index (χ0n) is 11.9. The molecule has 22 heavy (non-hydrogen) atoms. The van der Waals surface area contributed by atoms with Crippen molar-refractivity contribution >= 4 is 11.5 Å². The first kappa shape index (κ1) is 14.5. The van der Waals surface area contributed by atoms with E-state index in [0.717, 1.165) is 35.5 Å². The molecule has 0 saturated heterocycles. The summed E-state index contributed by atoms with van der Waals surface area (Å²) in [6, 6.07) is 8.07. The van der Waals surface area contributed by atoms with Gasteiger partial charge in [-0.05, 0) is 42.3 Å². The number of halogens is 1. The van der Waals surface area contributed by atoms with Gasteiger partial charge >= 0.3 is 5.97 Å². The number of nitrogens with one attached hydrogen (secondary N) is 1. The number of carboxylic acids is 1. The molecule has 0 atom stereocenters. The van der Waals surface area contributed by atoms with Crippen molar-refractivity contribution in [2.24, 2.45) is 0 Å². The number of benzene rings is 1. The summed E-state index contributed by atoms with van der Waals surface area (Å²) in [6.45, 7) is 1.36. The molecule has 0 radical (unpaired) electrons. The lowest BCUT2D eigenvalue weighted by Gasteiger charge is -2.24. The second-order valence-corrected chi connectivity index (χ2v) is 5.30. The van der Waals surface area contributed by atoms with Crippen LogP contribution < -0.4 is 0 Å². The van der Waals surface area contributed by atoms with E-state index in [-0.39, 0.29) is 12.4 Å². The average molecular weight is 301 g/mol. The van der Waals surface area contributed by atoms with Gasteiger partial charge < -0.3 is 5.11 Å². The third kappa shape index (κ3) is 3.23. The number of hydrogen-bond donors (Lipinski definition) is 2.